The lowest BCUT2D eigenvalue weighted by Gasteiger charge is -2.26. The molecule has 0 heterocycles. The van der Waals surface area contributed by atoms with E-state index in [2.05, 4.69) is 24.5 Å². The molecular formula is C19H26N2O2. The highest BCUT2D eigenvalue weighted by atomic mass is 16.2. The molecule has 1 aromatic carbocycles. The molecule has 3 rings (SSSR count). The summed E-state index contributed by atoms with van der Waals surface area (Å²) in [5.74, 6) is 1.51. The molecule has 2 N–H and O–H groups in total. The second kappa shape index (κ2) is 6.73. The first kappa shape index (κ1) is 16.0. The van der Waals surface area contributed by atoms with Gasteiger partial charge in [0.1, 0.15) is 0 Å². The monoisotopic (exact) mass is 314 g/mol. The first-order valence-electron chi connectivity index (χ1n) is 8.74. The molecule has 0 radical (unpaired) electrons. The van der Waals surface area contributed by atoms with E-state index in [9.17, 15) is 9.59 Å². The molecule has 0 bridgehead atoms. The number of carbonyl (C=O) groups is 2. The van der Waals surface area contributed by atoms with E-state index in [-0.39, 0.29) is 17.7 Å². The van der Waals surface area contributed by atoms with Crippen LogP contribution < -0.4 is 10.6 Å². The number of carbonyl (C=O) groups excluding carboxylic acids is 2. The topological polar surface area (TPSA) is 58.2 Å². The summed E-state index contributed by atoms with van der Waals surface area (Å²) in [6, 6.07) is 7.49. The highest BCUT2D eigenvalue weighted by Gasteiger charge is 2.39. The Bertz CT molecular complexity index is 574. The maximum absolute atomic E-state index is 12.3. The highest BCUT2D eigenvalue weighted by Crippen LogP contribution is 2.38. The Morgan fingerprint density at radius 3 is 2.17 bits per heavy atom. The first-order chi connectivity index (χ1) is 11.0. The van der Waals surface area contributed by atoms with E-state index in [0.717, 1.165) is 30.9 Å². The Labute approximate surface area is 138 Å². The van der Waals surface area contributed by atoms with Crippen LogP contribution in [0.1, 0.15) is 56.3 Å². The smallest absolute Gasteiger partial charge is 0.251 e. The third kappa shape index (κ3) is 4.12. The van der Waals surface area contributed by atoms with Gasteiger partial charge in [0, 0.05) is 23.2 Å². The van der Waals surface area contributed by atoms with Crippen molar-refractivity contribution in [3.8, 4) is 0 Å². The van der Waals surface area contributed by atoms with Crippen LogP contribution in [-0.4, -0.2) is 17.9 Å². The van der Waals surface area contributed by atoms with E-state index in [1.165, 1.54) is 12.8 Å². The zero-order valence-electron chi connectivity index (χ0n) is 14.0. The minimum atomic E-state index is -0.0155. The van der Waals surface area contributed by atoms with E-state index < -0.39 is 0 Å². The van der Waals surface area contributed by atoms with Crippen LogP contribution in [0.2, 0.25) is 0 Å². The maximum atomic E-state index is 12.3. The molecule has 2 amide bonds. The molecular weight excluding hydrogens is 288 g/mol. The lowest BCUT2D eigenvalue weighted by Crippen LogP contribution is -2.37. The largest absolute Gasteiger partial charge is 0.349 e. The molecule has 2 fully saturated rings. The van der Waals surface area contributed by atoms with Gasteiger partial charge in [0.05, 0.1) is 0 Å². The summed E-state index contributed by atoms with van der Waals surface area (Å²) in [6.07, 6.45) is 5.50. The predicted molar refractivity (Wildman–Crippen MR) is 91.2 cm³/mol. The Morgan fingerprint density at radius 2 is 1.61 bits per heavy atom. The number of amides is 2. The second-order valence-corrected chi connectivity index (χ2v) is 7.32. The van der Waals surface area contributed by atoms with Crippen molar-refractivity contribution < 1.29 is 9.59 Å². The number of rotatable bonds is 4. The molecule has 124 valence electrons. The lowest BCUT2D eigenvalue weighted by atomic mass is 9.87. The fourth-order valence-corrected chi connectivity index (χ4v) is 3.30. The van der Waals surface area contributed by atoms with E-state index in [1.807, 2.05) is 12.1 Å². The average Bonchev–Trinajstić information content (AvgIpc) is 3.27. The summed E-state index contributed by atoms with van der Waals surface area (Å²) in [7, 11) is 0. The number of anilines is 1. The quantitative estimate of drug-likeness (QED) is 0.892. The van der Waals surface area contributed by atoms with Gasteiger partial charge in [0.15, 0.2) is 0 Å². The van der Waals surface area contributed by atoms with Crippen molar-refractivity contribution in [1.29, 1.82) is 0 Å². The Hall–Kier alpha value is -1.84. The van der Waals surface area contributed by atoms with E-state index in [1.54, 1.807) is 12.1 Å². The molecule has 23 heavy (non-hydrogen) atoms. The third-order valence-corrected chi connectivity index (χ3v) is 5.21. The molecule has 2 aliphatic carbocycles. The highest BCUT2D eigenvalue weighted by molar-refractivity contribution is 5.97. The second-order valence-electron chi connectivity index (χ2n) is 7.32. The zero-order chi connectivity index (χ0) is 16.4. The summed E-state index contributed by atoms with van der Waals surface area (Å²) in [5.41, 5.74) is 1.42. The standard InChI is InChI=1S/C19H26N2O2/c1-12-3-7-15(8-4-12)20-18(22)14-5-9-16(10-6-14)21-19(23)17-11-13(17)2/h5-6,9-10,12-13,15,17H,3-4,7-8,11H2,1-2H3,(H,20,22)(H,21,23). The first-order valence-corrected chi connectivity index (χ1v) is 8.74. The molecule has 4 nitrogen and oxygen atoms in total. The summed E-state index contributed by atoms with van der Waals surface area (Å²) in [6.45, 7) is 4.36. The summed E-state index contributed by atoms with van der Waals surface area (Å²) >= 11 is 0. The number of hydrogen-bond donors (Lipinski definition) is 2. The summed E-state index contributed by atoms with van der Waals surface area (Å²) in [4.78, 5) is 24.2. The molecule has 0 spiro atoms. The zero-order valence-corrected chi connectivity index (χ0v) is 14.0. The maximum Gasteiger partial charge on any atom is 0.251 e. The van der Waals surface area contributed by atoms with E-state index in [0.29, 0.717) is 17.5 Å². The number of nitrogens with one attached hydrogen (secondary N) is 2. The van der Waals surface area contributed by atoms with Gasteiger partial charge in [0.25, 0.3) is 5.91 Å². The van der Waals surface area contributed by atoms with Gasteiger partial charge in [-0.25, -0.2) is 0 Å². The lowest BCUT2D eigenvalue weighted by molar-refractivity contribution is -0.117. The van der Waals surface area contributed by atoms with Gasteiger partial charge in [-0.2, -0.15) is 0 Å². The molecule has 2 saturated carbocycles. The van der Waals surface area contributed by atoms with Crippen molar-refractivity contribution >= 4 is 17.5 Å². The molecule has 0 aliphatic heterocycles. The van der Waals surface area contributed by atoms with Crippen LogP contribution >= 0.6 is 0 Å². The van der Waals surface area contributed by atoms with E-state index in [4.69, 9.17) is 0 Å². The minimum Gasteiger partial charge on any atom is -0.349 e. The summed E-state index contributed by atoms with van der Waals surface area (Å²) < 4.78 is 0. The molecule has 0 aromatic heterocycles. The van der Waals surface area contributed by atoms with Gasteiger partial charge in [-0.1, -0.05) is 13.8 Å². The van der Waals surface area contributed by atoms with Crippen molar-refractivity contribution in [1.82, 2.24) is 5.32 Å². The molecule has 0 saturated heterocycles. The fourth-order valence-electron chi connectivity index (χ4n) is 3.30. The van der Waals surface area contributed by atoms with Crippen molar-refractivity contribution in [3.63, 3.8) is 0 Å². The van der Waals surface area contributed by atoms with Crippen LogP contribution in [0, 0.1) is 17.8 Å². The summed E-state index contributed by atoms with van der Waals surface area (Å²) in [5, 5.41) is 6.04. The van der Waals surface area contributed by atoms with Crippen LogP contribution in [0.3, 0.4) is 0 Å². The Balaban J connectivity index is 1.52. The van der Waals surface area contributed by atoms with Crippen LogP contribution in [0.5, 0.6) is 0 Å². The number of benzene rings is 1. The Morgan fingerprint density at radius 1 is 1.00 bits per heavy atom. The van der Waals surface area contributed by atoms with Crippen molar-refractivity contribution in [3.05, 3.63) is 29.8 Å². The van der Waals surface area contributed by atoms with Gasteiger partial charge < -0.3 is 10.6 Å². The van der Waals surface area contributed by atoms with Crippen LogP contribution in [-0.2, 0) is 4.79 Å². The van der Waals surface area contributed by atoms with Crippen LogP contribution in [0.4, 0.5) is 5.69 Å². The molecule has 2 aliphatic rings. The van der Waals surface area contributed by atoms with Crippen molar-refractivity contribution in [2.24, 2.45) is 17.8 Å². The number of hydrogen-bond acceptors (Lipinski definition) is 2. The Kier molecular flexibility index (Phi) is 4.69. The van der Waals surface area contributed by atoms with Crippen molar-refractivity contribution in [2.45, 2.75) is 52.0 Å². The van der Waals surface area contributed by atoms with Gasteiger partial charge in [-0.15, -0.1) is 0 Å². The van der Waals surface area contributed by atoms with E-state index >= 15 is 0 Å². The molecule has 1 aromatic rings. The average molecular weight is 314 g/mol. The minimum absolute atomic E-state index is 0.0155. The third-order valence-electron chi connectivity index (χ3n) is 5.21. The van der Waals surface area contributed by atoms with Gasteiger partial charge in [-0.3, -0.25) is 9.59 Å². The van der Waals surface area contributed by atoms with Gasteiger partial charge in [0.2, 0.25) is 5.91 Å². The van der Waals surface area contributed by atoms with Gasteiger partial charge in [-0.05, 0) is 68.2 Å². The van der Waals surface area contributed by atoms with Gasteiger partial charge >= 0.3 is 0 Å². The predicted octanol–water partition coefficient (Wildman–Crippen LogP) is 3.59. The van der Waals surface area contributed by atoms with Crippen molar-refractivity contribution in [2.75, 3.05) is 5.32 Å². The molecule has 4 heteroatoms. The van der Waals surface area contributed by atoms with Crippen LogP contribution in [0.15, 0.2) is 24.3 Å². The fraction of sp³-hybridized carbons (Fsp3) is 0.579. The van der Waals surface area contributed by atoms with Crippen LogP contribution in [0.25, 0.3) is 0 Å². The normalized spacial score (nSPS) is 29.7. The molecule has 2 atom stereocenters. The SMILES string of the molecule is CC1CCC(NC(=O)c2ccc(NC(=O)C3CC3C)cc2)CC1. The molecule has 2 unspecified atom stereocenters.